The van der Waals surface area contributed by atoms with Gasteiger partial charge >= 0.3 is 0 Å². The lowest BCUT2D eigenvalue weighted by atomic mass is 10.2. The van der Waals surface area contributed by atoms with E-state index in [2.05, 4.69) is 5.32 Å². The minimum Gasteiger partial charge on any atom is -0.506 e. The third-order valence-electron chi connectivity index (χ3n) is 4.10. The fourth-order valence-electron chi connectivity index (χ4n) is 2.72. The molecule has 0 aliphatic carbocycles. The summed E-state index contributed by atoms with van der Waals surface area (Å²) in [7, 11) is 0. The Balaban J connectivity index is 1.44. The maximum atomic E-state index is 12.5. The molecule has 29 heavy (non-hydrogen) atoms. The summed E-state index contributed by atoms with van der Waals surface area (Å²) in [4.78, 5) is 38.0. The van der Waals surface area contributed by atoms with E-state index in [1.807, 2.05) is 0 Å². The number of anilines is 1. The highest BCUT2D eigenvalue weighted by Gasteiger charge is 2.36. The number of carbonyl (C=O) groups excluding carboxylic acids is 3. The van der Waals surface area contributed by atoms with Crippen LogP contribution in [0.3, 0.4) is 0 Å². The first-order valence-corrected chi connectivity index (χ1v) is 9.53. The van der Waals surface area contributed by atoms with Gasteiger partial charge in [-0.15, -0.1) is 0 Å². The number of aromatic hydroxyl groups is 1. The summed E-state index contributed by atoms with van der Waals surface area (Å²) in [5, 5.41) is 11.7. The van der Waals surface area contributed by atoms with E-state index in [4.69, 9.17) is 21.1 Å². The van der Waals surface area contributed by atoms with Gasteiger partial charge in [-0.25, -0.2) is 0 Å². The fraction of sp³-hybridized carbons (Fsp3) is 0.105. The van der Waals surface area contributed by atoms with Gasteiger partial charge < -0.3 is 19.9 Å². The predicted octanol–water partition coefficient (Wildman–Crippen LogP) is 3.45. The normalized spacial score (nSPS) is 16.6. The summed E-state index contributed by atoms with van der Waals surface area (Å²) >= 11 is 6.58. The minimum absolute atomic E-state index is 0.0860. The highest BCUT2D eigenvalue weighted by molar-refractivity contribution is 8.18. The molecule has 2 aromatic rings. The highest BCUT2D eigenvalue weighted by atomic mass is 35.5. The van der Waals surface area contributed by atoms with Gasteiger partial charge in [0, 0.05) is 11.8 Å². The summed E-state index contributed by atoms with van der Waals surface area (Å²) in [6.45, 7) is -0.311. The van der Waals surface area contributed by atoms with Gasteiger partial charge in [-0.05, 0) is 47.7 Å². The van der Waals surface area contributed by atoms with Gasteiger partial charge in [0.15, 0.2) is 11.5 Å². The van der Waals surface area contributed by atoms with E-state index < -0.39 is 23.6 Å². The molecule has 0 spiro atoms. The first-order valence-electron chi connectivity index (χ1n) is 8.34. The first-order chi connectivity index (χ1) is 13.9. The number of nitrogens with one attached hydrogen (secondary N) is 1. The van der Waals surface area contributed by atoms with E-state index in [0.29, 0.717) is 22.7 Å². The molecule has 2 aliphatic rings. The van der Waals surface area contributed by atoms with Crippen LogP contribution < -0.4 is 14.8 Å². The molecular weight excluding hydrogens is 420 g/mol. The number of hydrogen-bond donors (Lipinski definition) is 2. The Morgan fingerprint density at radius 1 is 1.21 bits per heavy atom. The van der Waals surface area contributed by atoms with Gasteiger partial charge in [0.1, 0.15) is 12.3 Å². The molecule has 3 amide bonds. The maximum absolute atomic E-state index is 12.5. The third-order valence-corrected chi connectivity index (χ3v) is 5.31. The number of benzene rings is 2. The van der Waals surface area contributed by atoms with Crippen LogP contribution in [0.5, 0.6) is 17.2 Å². The molecule has 1 fully saturated rings. The summed E-state index contributed by atoms with van der Waals surface area (Å²) < 4.78 is 10.5. The molecule has 0 saturated carbocycles. The van der Waals surface area contributed by atoms with Crippen LogP contribution >= 0.6 is 23.4 Å². The fourth-order valence-corrected chi connectivity index (χ4v) is 3.75. The van der Waals surface area contributed by atoms with Gasteiger partial charge in [-0.3, -0.25) is 19.3 Å². The zero-order valence-corrected chi connectivity index (χ0v) is 16.2. The predicted molar refractivity (Wildman–Crippen MR) is 107 cm³/mol. The number of halogens is 1. The molecule has 2 aromatic carbocycles. The van der Waals surface area contributed by atoms with Crippen LogP contribution in [-0.2, 0) is 9.59 Å². The lowest BCUT2D eigenvalue weighted by Crippen LogP contribution is -2.36. The number of rotatable bonds is 4. The molecule has 2 N–H and O–H groups in total. The van der Waals surface area contributed by atoms with Crippen LogP contribution in [0.4, 0.5) is 10.5 Å². The molecule has 0 aromatic heterocycles. The van der Waals surface area contributed by atoms with Crippen molar-refractivity contribution < 1.29 is 29.0 Å². The molecule has 4 rings (SSSR count). The summed E-state index contributed by atoms with van der Waals surface area (Å²) in [6.07, 6.45) is 1.48. The Morgan fingerprint density at radius 2 is 2.00 bits per heavy atom. The number of ether oxygens (including phenoxy) is 2. The van der Waals surface area contributed by atoms with Gasteiger partial charge in [0.25, 0.3) is 11.1 Å². The molecule has 148 valence electrons. The van der Waals surface area contributed by atoms with Crippen molar-refractivity contribution in [3.63, 3.8) is 0 Å². The number of imide groups is 1. The summed E-state index contributed by atoms with van der Waals surface area (Å²) in [5.74, 6) is -0.111. The second-order valence-corrected chi connectivity index (χ2v) is 7.50. The Bertz CT molecular complexity index is 1070. The van der Waals surface area contributed by atoms with Gasteiger partial charge in [0.05, 0.1) is 9.93 Å². The van der Waals surface area contributed by atoms with Gasteiger partial charge in [-0.1, -0.05) is 17.7 Å². The second kappa shape index (κ2) is 7.69. The number of fused-ring (bicyclic) bond motifs is 1. The van der Waals surface area contributed by atoms with Crippen LogP contribution in [0.2, 0.25) is 5.02 Å². The lowest BCUT2D eigenvalue weighted by molar-refractivity contribution is -0.127. The first kappa shape index (κ1) is 19.2. The summed E-state index contributed by atoms with van der Waals surface area (Å²) in [5.41, 5.74) is 1.00. The minimum atomic E-state index is -0.579. The van der Waals surface area contributed by atoms with Crippen molar-refractivity contribution in [1.29, 1.82) is 0 Å². The van der Waals surface area contributed by atoms with Crippen molar-refractivity contribution in [2.75, 3.05) is 18.7 Å². The molecule has 2 aliphatic heterocycles. The number of phenolic OH excluding ortho intramolecular Hbond substituents is 1. The third kappa shape index (κ3) is 4.01. The molecular formula is C19H13ClN2O6S. The Kier molecular flexibility index (Phi) is 5.08. The van der Waals surface area contributed by atoms with E-state index in [-0.39, 0.29) is 22.5 Å². The van der Waals surface area contributed by atoms with Crippen LogP contribution in [-0.4, -0.2) is 40.4 Å². The van der Waals surface area contributed by atoms with E-state index in [0.717, 1.165) is 16.7 Å². The lowest BCUT2D eigenvalue weighted by Gasteiger charge is -2.12. The van der Waals surface area contributed by atoms with E-state index >= 15 is 0 Å². The van der Waals surface area contributed by atoms with Crippen molar-refractivity contribution in [3.05, 3.63) is 51.9 Å². The number of phenols is 1. The summed E-state index contributed by atoms with van der Waals surface area (Å²) in [6, 6.07) is 9.30. The topological polar surface area (TPSA) is 105 Å². The Labute approximate surface area is 174 Å². The zero-order valence-electron chi connectivity index (χ0n) is 14.7. The molecule has 0 radical (unpaired) electrons. The number of nitrogens with zero attached hydrogens (tertiary/aromatic N) is 1. The molecule has 8 nitrogen and oxygen atoms in total. The smallest absolute Gasteiger partial charge is 0.294 e. The molecule has 2 heterocycles. The molecule has 0 atom stereocenters. The quantitative estimate of drug-likeness (QED) is 0.713. The van der Waals surface area contributed by atoms with Crippen LogP contribution in [0, 0.1) is 0 Å². The van der Waals surface area contributed by atoms with Gasteiger partial charge in [0.2, 0.25) is 12.7 Å². The zero-order chi connectivity index (χ0) is 20.5. The van der Waals surface area contributed by atoms with E-state index in [1.165, 1.54) is 18.2 Å². The van der Waals surface area contributed by atoms with Crippen molar-refractivity contribution in [3.8, 4) is 17.2 Å². The number of amides is 3. The standard InChI is InChI=1S/C19H13ClN2O6S/c20-12-5-10(1-3-13(12)23)6-16-18(25)22(19(26)29-16)8-17(24)21-11-2-4-14-15(7-11)28-9-27-14/h1-7,23H,8-9H2,(H,21,24). The SMILES string of the molecule is O=C(CN1C(=O)SC(=Cc2ccc(O)c(Cl)c2)C1=O)Nc1ccc2c(c1)OCO2. The number of thioether (sulfide) groups is 1. The number of hydrogen-bond acceptors (Lipinski definition) is 7. The van der Waals surface area contributed by atoms with Crippen molar-refractivity contribution in [2.24, 2.45) is 0 Å². The molecule has 0 unspecified atom stereocenters. The van der Waals surface area contributed by atoms with Crippen LogP contribution in [0.1, 0.15) is 5.56 Å². The van der Waals surface area contributed by atoms with Crippen molar-refractivity contribution in [2.45, 2.75) is 0 Å². The van der Waals surface area contributed by atoms with E-state index in [1.54, 1.807) is 24.3 Å². The van der Waals surface area contributed by atoms with Gasteiger partial charge in [-0.2, -0.15) is 0 Å². The molecule has 10 heteroatoms. The average Bonchev–Trinajstić information content (AvgIpc) is 3.24. The van der Waals surface area contributed by atoms with E-state index in [9.17, 15) is 19.5 Å². The Morgan fingerprint density at radius 3 is 2.79 bits per heavy atom. The van der Waals surface area contributed by atoms with Crippen molar-refractivity contribution in [1.82, 2.24) is 4.90 Å². The second-order valence-electron chi connectivity index (χ2n) is 6.09. The molecule has 1 saturated heterocycles. The largest absolute Gasteiger partial charge is 0.506 e. The maximum Gasteiger partial charge on any atom is 0.294 e. The molecule has 0 bridgehead atoms. The van der Waals surface area contributed by atoms with Crippen LogP contribution in [0.25, 0.3) is 6.08 Å². The highest BCUT2D eigenvalue weighted by Crippen LogP contribution is 2.35. The number of carbonyl (C=O) groups is 3. The van der Waals surface area contributed by atoms with Crippen molar-refractivity contribution >= 4 is 52.2 Å². The Hall–Kier alpha value is -3.17. The van der Waals surface area contributed by atoms with Crippen LogP contribution in [0.15, 0.2) is 41.3 Å². The monoisotopic (exact) mass is 432 g/mol. The average molecular weight is 433 g/mol.